The van der Waals surface area contributed by atoms with Crippen LogP contribution in [0.3, 0.4) is 0 Å². The molecule has 2 atom stereocenters. The first-order valence-corrected chi connectivity index (χ1v) is 15.1. The third-order valence-corrected chi connectivity index (χ3v) is 7.61. The number of hydrogen-bond acceptors (Lipinski definition) is 6. The number of piperidine rings is 1. The highest BCUT2D eigenvalue weighted by Crippen LogP contribution is 2.30. The molecule has 1 N–H and O–H groups in total. The first-order chi connectivity index (χ1) is 20.8. The zero-order chi connectivity index (χ0) is 28.7. The Kier molecular flexibility index (Phi) is 12.0. The molecule has 4 aromatic rings. The van der Waals surface area contributed by atoms with E-state index in [4.69, 9.17) is 18.9 Å². The summed E-state index contributed by atoms with van der Waals surface area (Å²) in [6.07, 6.45) is 4.63. The number of rotatable bonds is 16. The molecule has 0 radical (unpaired) electrons. The first kappa shape index (κ1) is 29.9. The van der Waals surface area contributed by atoms with Crippen LogP contribution < -0.4 is 10.1 Å². The van der Waals surface area contributed by atoms with Gasteiger partial charge in [0.15, 0.2) is 0 Å². The first-order valence-electron chi connectivity index (χ1n) is 15.1. The molecule has 5 rings (SSSR count). The number of aromatic nitrogens is 1. The summed E-state index contributed by atoms with van der Waals surface area (Å²) in [6, 6.07) is 33.2. The van der Waals surface area contributed by atoms with Gasteiger partial charge in [0.1, 0.15) is 5.75 Å². The SMILES string of the molecule is c1ccc(COCCCOc2ccc(C3CCNCC3OCc3ccccc3COCCc3ccccn3)cc2)cc1. The molecule has 0 saturated carbocycles. The Bertz CT molecular complexity index is 1300. The molecule has 42 heavy (non-hydrogen) atoms. The lowest BCUT2D eigenvalue weighted by atomic mass is 9.87. The maximum absolute atomic E-state index is 6.54. The molecule has 1 aromatic heterocycles. The molecule has 1 fully saturated rings. The van der Waals surface area contributed by atoms with Gasteiger partial charge in [-0.2, -0.15) is 0 Å². The molecule has 1 aliphatic rings. The number of pyridine rings is 1. The van der Waals surface area contributed by atoms with E-state index in [1.165, 1.54) is 22.3 Å². The van der Waals surface area contributed by atoms with Crippen molar-refractivity contribution in [2.75, 3.05) is 32.9 Å². The summed E-state index contributed by atoms with van der Waals surface area (Å²) in [7, 11) is 0. The van der Waals surface area contributed by atoms with E-state index in [-0.39, 0.29) is 6.10 Å². The highest BCUT2D eigenvalue weighted by Gasteiger charge is 2.27. The fraction of sp³-hybridized carbons (Fsp3) is 0.361. The lowest BCUT2D eigenvalue weighted by molar-refractivity contribution is 0.00947. The number of nitrogens with one attached hydrogen (secondary N) is 1. The van der Waals surface area contributed by atoms with Crippen LogP contribution in [0.2, 0.25) is 0 Å². The van der Waals surface area contributed by atoms with Gasteiger partial charge in [-0.25, -0.2) is 0 Å². The lowest BCUT2D eigenvalue weighted by Gasteiger charge is -2.33. The Morgan fingerprint density at radius 3 is 2.29 bits per heavy atom. The summed E-state index contributed by atoms with van der Waals surface area (Å²) >= 11 is 0. The highest BCUT2D eigenvalue weighted by atomic mass is 16.5. The second kappa shape index (κ2) is 16.8. The Hall–Kier alpha value is -3.55. The van der Waals surface area contributed by atoms with E-state index in [0.717, 1.165) is 43.8 Å². The normalized spacial score (nSPS) is 16.8. The van der Waals surface area contributed by atoms with E-state index in [1.54, 1.807) is 0 Å². The molecular weight excluding hydrogens is 524 g/mol. The fourth-order valence-electron chi connectivity index (χ4n) is 5.25. The van der Waals surface area contributed by atoms with Gasteiger partial charge in [0.25, 0.3) is 0 Å². The molecule has 1 saturated heterocycles. The molecule has 1 aliphatic heterocycles. The average molecular weight is 567 g/mol. The Labute approximate surface area is 250 Å². The molecule has 220 valence electrons. The van der Waals surface area contributed by atoms with Crippen molar-refractivity contribution in [3.8, 4) is 5.75 Å². The summed E-state index contributed by atoms with van der Waals surface area (Å²) in [6.45, 7) is 5.57. The molecule has 2 heterocycles. The molecule has 2 unspecified atom stereocenters. The van der Waals surface area contributed by atoms with Crippen LogP contribution in [0.15, 0.2) is 103 Å². The topological polar surface area (TPSA) is 61.8 Å². The zero-order valence-electron chi connectivity index (χ0n) is 24.3. The summed E-state index contributed by atoms with van der Waals surface area (Å²) in [4.78, 5) is 4.37. The second-order valence-electron chi connectivity index (χ2n) is 10.7. The van der Waals surface area contributed by atoms with Crippen LogP contribution >= 0.6 is 0 Å². The quantitative estimate of drug-likeness (QED) is 0.157. The summed E-state index contributed by atoms with van der Waals surface area (Å²) in [5.41, 5.74) is 5.89. The van der Waals surface area contributed by atoms with E-state index in [9.17, 15) is 0 Å². The van der Waals surface area contributed by atoms with Gasteiger partial charge in [0, 0.05) is 37.2 Å². The molecule has 0 aliphatic carbocycles. The van der Waals surface area contributed by atoms with Crippen LogP contribution in [-0.2, 0) is 40.5 Å². The molecular formula is C36H42N2O4. The van der Waals surface area contributed by atoms with Crippen LogP contribution in [0.4, 0.5) is 0 Å². The van der Waals surface area contributed by atoms with Gasteiger partial charge in [-0.05, 0) is 59.5 Å². The Morgan fingerprint density at radius 2 is 1.48 bits per heavy atom. The molecule has 0 bridgehead atoms. The van der Waals surface area contributed by atoms with Crippen molar-refractivity contribution >= 4 is 0 Å². The van der Waals surface area contributed by atoms with Gasteiger partial charge in [-0.15, -0.1) is 0 Å². The van der Waals surface area contributed by atoms with Gasteiger partial charge in [0.2, 0.25) is 0 Å². The lowest BCUT2D eigenvalue weighted by Crippen LogP contribution is -2.41. The van der Waals surface area contributed by atoms with Crippen LogP contribution in [-0.4, -0.2) is 44.0 Å². The molecule has 0 amide bonds. The van der Waals surface area contributed by atoms with E-state index in [2.05, 4.69) is 71.0 Å². The highest BCUT2D eigenvalue weighted by molar-refractivity contribution is 5.31. The second-order valence-corrected chi connectivity index (χ2v) is 10.7. The van der Waals surface area contributed by atoms with Gasteiger partial charge in [-0.3, -0.25) is 4.98 Å². The Morgan fingerprint density at radius 1 is 0.714 bits per heavy atom. The maximum atomic E-state index is 6.54. The standard InChI is InChI=1S/C36H42N2O4/c1-2-9-29(10-3-1)26-39-22-8-23-41-34-16-14-30(15-17-34)35-18-21-37-25-36(35)42-28-32-12-5-4-11-31(32)27-40-24-19-33-13-6-7-20-38-33/h1-7,9-17,20,35-37H,8,18-19,21-28H2. The van der Waals surface area contributed by atoms with Crippen molar-refractivity contribution in [3.63, 3.8) is 0 Å². The fourth-order valence-corrected chi connectivity index (χ4v) is 5.25. The maximum Gasteiger partial charge on any atom is 0.119 e. The number of hydrogen-bond donors (Lipinski definition) is 1. The van der Waals surface area contributed by atoms with Crippen molar-refractivity contribution in [2.24, 2.45) is 0 Å². The summed E-state index contributed by atoms with van der Waals surface area (Å²) in [5, 5.41) is 3.52. The molecule has 6 heteroatoms. The average Bonchev–Trinajstić information content (AvgIpc) is 3.05. The van der Waals surface area contributed by atoms with Gasteiger partial charge >= 0.3 is 0 Å². The van der Waals surface area contributed by atoms with E-state index >= 15 is 0 Å². The zero-order valence-corrected chi connectivity index (χ0v) is 24.3. The smallest absolute Gasteiger partial charge is 0.119 e. The minimum atomic E-state index is 0.102. The van der Waals surface area contributed by atoms with E-state index < -0.39 is 0 Å². The number of benzene rings is 3. The number of nitrogens with zero attached hydrogens (tertiary/aromatic N) is 1. The molecule has 0 spiro atoms. The van der Waals surface area contributed by atoms with Gasteiger partial charge in [-0.1, -0.05) is 72.8 Å². The van der Waals surface area contributed by atoms with Gasteiger partial charge in [0.05, 0.1) is 45.7 Å². The molecule has 3 aromatic carbocycles. The predicted octanol–water partition coefficient (Wildman–Crippen LogP) is 6.49. The van der Waals surface area contributed by atoms with E-state index in [0.29, 0.717) is 45.6 Å². The van der Waals surface area contributed by atoms with Crippen LogP contribution in [0.25, 0.3) is 0 Å². The van der Waals surface area contributed by atoms with Gasteiger partial charge < -0.3 is 24.3 Å². The summed E-state index contributed by atoms with van der Waals surface area (Å²) < 4.78 is 24.3. The number of ether oxygens (including phenoxy) is 4. The van der Waals surface area contributed by atoms with Crippen LogP contribution in [0, 0.1) is 0 Å². The third kappa shape index (κ3) is 9.50. The van der Waals surface area contributed by atoms with Crippen molar-refractivity contribution in [1.82, 2.24) is 10.3 Å². The Balaban J connectivity index is 1.06. The van der Waals surface area contributed by atoms with Crippen LogP contribution in [0.1, 0.15) is 46.7 Å². The van der Waals surface area contributed by atoms with Crippen molar-refractivity contribution in [1.29, 1.82) is 0 Å². The van der Waals surface area contributed by atoms with E-state index in [1.807, 2.05) is 42.6 Å². The van der Waals surface area contributed by atoms with Crippen molar-refractivity contribution < 1.29 is 18.9 Å². The minimum absolute atomic E-state index is 0.102. The minimum Gasteiger partial charge on any atom is -0.494 e. The third-order valence-electron chi connectivity index (χ3n) is 7.61. The predicted molar refractivity (Wildman–Crippen MR) is 165 cm³/mol. The summed E-state index contributed by atoms with van der Waals surface area (Å²) in [5.74, 6) is 1.23. The van der Waals surface area contributed by atoms with Crippen molar-refractivity contribution in [2.45, 2.75) is 51.1 Å². The monoisotopic (exact) mass is 566 g/mol. The largest absolute Gasteiger partial charge is 0.494 e. The van der Waals surface area contributed by atoms with Crippen LogP contribution in [0.5, 0.6) is 5.75 Å². The molecule has 6 nitrogen and oxygen atoms in total. The van der Waals surface area contributed by atoms with Crippen molar-refractivity contribution in [3.05, 3.63) is 131 Å².